The number of fused-ring (bicyclic) bond motifs is 1. The molecule has 1 unspecified atom stereocenters. The highest BCUT2D eigenvalue weighted by molar-refractivity contribution is 6.33. The first-order valence-electron chi connectivity index (χ1n) is 4.24. The summed E-state index contributed by atoms with van der Waals surface area (Å²) in [5, 5.41) is 11.2. The Bertz CT molecular complexity index is 460. The van der Waals surface area contributed by atoms with E-state index in [4.69, 9.17) is 23.2 Å². The van der Waals surface area contributed by atoms with Crippen LogP contribution in [-0.2, 0) is 6.42 Å². The Balaban J connectivity index is 2.45. The van der Waals surface area contributed by atoms with Gasteiger partial charge in [-0.2, -0.15) is 0 Å². The summed E-state index contributed by atoms with van der Waals surface area (Å²) in [6.45, 7) is 0. The third kappa shape index (κ3) is 1.96. The van der Waals surface area contributed by atoms with Crippen LogP contribution in [-0.4, -0.2) is 15.9 Å². The van der Waals surface area contributed by atoms with Crippen LogP contribution in [0, 0.1) is 10.1 Å². The van der Waals surface area contributed by atoms with Crippen molar-refractivity contribution < 1.29 is 4.92 Å². The Morgan fingerprint density at radius 2 is 2.27 bits per heavy atom. The van der Waals surface area contributed by atoms with Crippen LogP contribution in [0.25, 0.3) is 6.08 Å². The second-order valence-corrected chi connectivity index (χ2v) is 3.97. The molecule has 6 heteroatoms. The fraction of sp³-hybridized carbons (Fsp3) is 0.222. The zero-order chi connectivity index (χ0) is 11.0. The number of pyridine rings is 1. The molecule has 1 aliphatic carbocycles. The number of hydrogen-bond donors (Lipinski definition) is 0. The number of hydrogen-bond acceptors (Lipinski definition) is 3. The zero-order valence-electron chi connectivity index (χ0n) is 7.48. The summed E-state index contributed by atoms with van der Waals surface area (Å²) in [7, 11) is 0. The van der Waals surface area contributed by atoms with Crippen LogP contribution in [0.2, 0.25) is 10.3 Å². The van der Waals surface area contributed by atoms with E-state index in [9.17, 15) is 10.1 Å². The standard InChI is InChI=1S/C9H6Cl2N2O2/c10-8-4-5-3-6(13(14)15)1-2-7(5)9(11)12-8/h1-2,4,6H,3H2. The monoisotopic (exact) mass is 244 g/mol. The van der Waals surface area contributed by atoms with Gasteiger partial charge < -0.3 is 0 Å². The molecule has 1 atom stereocenters. The third-order valence-electron chi connectivity index (χ3n) is 2.25. The summed E-state index contributed by atoms with van der Waals surface area (Å²) in [5.74, 6) is 0. The van der Waals surface area contributed by atoms with Gasteiger partial charge >= 0.3 is 0 Å². The van der Waals surface area contributed by atoms with E-state index in [1.807, 2.05) is 0 Å². The van der Waals surface area contributed by atoms with Crippen molar-refractivity contribution in [1.29, 1.82) is 0 Å². The Kier molecular flexibility index (Phi) is 2.63. The van der Waals surface area contributed by atoms with Crippen molar-refractivity contribution in [3.8, 4) is 0 Å². The first-order chi connectivity index (χ1) is 7.08. The van der Waals surface area contributed by atoms with Crippen molar-refractivity contribution in [2.75, 3.05) is 0 Å². The van der Waals surface area contributed by atoms with Crippen LogP contribution in [0.5, 0.6) is 0 Å². The van der Waals surface area contributed by atoms with Gasteiger partial charge in [-0.3, -0.25) is 10.1 Å². The summed E-state index contributed by atoms with van der Waals surface area (Å²) in [4.78, 5) is 14.1. The molecule has 15 heavy (non-hydrogen) atoms. The molecule has 0 spiro atoms. The van der Waals surface area contributed by atoms with Gasteiger partial charge in [0.05, 0.1) is 0 Å². The van der Waals surface area contributed by atoms with Gasteiger partial charge in [-0.15, -0.1) is 0 Å². The van der Waals surface area contributed by atoms with E-state index < -0.39 is 6.04 Å². The number of rotatable bonds is 1. The molecule has 0 N–H and O–H groups in total. The highest BCUT2D eigenvalue weighted by atomic mass is 35.5. The topological polar surface area (TPSA) is 56.0 Å². The Hall–Kier alpha value is -1.13. The van der Waals surface area contributed by atoms with Gasteiger partial charge in [0.15, 0.2) is 0 Å². The van der Waals surface area contributed by atoms with Crippen molar-refractivity contribution >= 4 is 29.3 Å². The third-order valence-corrected chi connectivity index (χ3v) is 2.73. The van der Waals surface area contributed by atoms with Gasteiger partial charge in [-0.1, -0.05) is 23.2 Å². The maximum absolute atomic E-state index is 10.6. The van der Waals surface area contributed by atoms with Crippen molar-refractivity contribution in [3.63, 3.8) is 0 Å². The van der Waals surface area contributed by atoms with Gasteiger partial charge in [0.2, 0.25) is 6.04 Å². The van der Waals surface area contributed by atoms with Crippen LogP contribution in [0.1, 0.15) is 11.1 Å². The molecule has 0 bridgehead atoms. The van der Waals surface area contributed by atoms with Crippen LogP contribution in [0.4, 0.5) is 0 Å². The smallest absolute Gasteiger partial charge is 0.235 e. The molecule has 0 saturated heterocycles. The number of nitro groups is 1. The van der Waals surface area contributed by atoms with Crippen LogP contribution in [0.3, 0.4) is 0 Å². The minimum Gasteiger partial charge on any atom is -0.264 e. The highest BCUT2D eigenvalue weighted by Gasteiger charge is 2.24. The summed E-state index contributed by atoms with van der Waals surface area (Å²) in [6, 6.07) is 0.912. The van der Waals surface area contributed by atoms with Crippen molar-refractivity contribution in [2.45, 2.75) is 12.5 Å². The molecular weight excluding hydrogens is 239 g/mol. The quantitative estimate of drug-likeness (QED) is 0.434. The first-order valence-corrected chi connectivity index (χ1v) is 5.00. The van der Waals surface area contributed by atoms with Gasteiger partial charge in [-0.05, 0) is 23.8 Å². The molecule has 0 aliphatic heterocycles. The average molecular weight is 245 g/mol. The van der Waals surface area contributed by atoms with E-state index >= 15 is 0 Å². The molecule has 0 amide bonds. The molecule has 1 aromatic heterocycles. The lowest BCUT2D eigenvalue weighted by atomic mass is 9.96. The van der Waals surface area contributed by atoms with E-state index in [-0.39, 0.29) is 15.2 Å². The van der Waals surface area contributed by atoms with E-state index in [1.54, 1.807) is 12.1 Å². The van der Waals surface area contributed by atoms with E-state index in [0.29, 0.717) is 6.42 Å². The Labute approximate surface area is 95.7 Å². The van der Waals surface area contributed by atoms with Gasteiger partial charge in [-0.25, -0.2) is 4.98 Å². The van der Waals surface area contributed by atoms with Gasteiger partial charge in [0.25, 0.3) is 0 Å². The molecule has 4 nitrogen and oxygen atoms in total. The lowest BCUT2D eigenvalue weighted by Crippen LogP contribution is -2.22. The van der Waals surface area contributed by atoms with Crippen molar-refractivity contribution in [2.24, 2.45) is 0 Å². The SMILES string of the molecule is O=[N+]([O-])C1C=Cc2c(cc(Cl)nc2Cl)C1. The molecular formula is C9H6Cl2N2O2. The molecule has 0 fully saturated rings. The first kappa shape index (κ1) is 10.4. The minimum absolute atomic E-state index is 0.260. The van der Waals surface area contributed by atoms with Crippen LogP contribution in [0.15, 0.2) is 12.1 Å². The molecule has 2 rings (SSSR count). The largest absolute Gasteiger partial charge is 0.264 e. The fourth-order valence-electron chi connectivity index (χ4n) is 1.53. The summed E-state index contributed by atoms with van der Waals surface area (Å²) in [6.07, 6.45) is 3.45. The lowest BCUT2D eigenvalue weighted by molar-refractivity contribution is -0.508. The van der Waals surface area contributed by atoms with Crippen molar-refractivity contribution in [3.05, 3.63) is 43.7 Å². The second-order valence-electron chi connectivity index (χ2n) is 3.22. The van der Waals surface area contributed by atoms with E-state index in [1.165, 1.54) is 6.08 Å². The number of nitrogens with zero attached hydrogens (tertiary/aromatic N) is 2. The molecule has 0 radical (unpaired) electrons. The molecule has 78 valence electrons. The normalized spacial score (nSPS) is 18.7. The van der Waals surface area contributed by atoms with Crippen molar-refractivity contribution in [1.82, 2.24) is 4.98 Å². The Morgan fingerprint density at radius 3 is 2.93 bits per heavy atom. The molecule has 1 aliphatic rings. The van der Waals surface area contributed by atoms with Gasteiger partial charge in [0, 0.05) is 16.9 Å². The molecule has 0 aromatic carbocycles. The molecule has 0 saturated carbocycles. The van der Waals surface area contributed by atoms with E-state index in [0.717, 1.165) is 11.1 Å². The average Bonchev–Trinajstić information content (AvgIpc) is 2.16. The maximum Gasteiger partial charge on any atom is 0.235 e. The molecule has 1 heterocycles. The highest BCUT2D eigenvalue weighted by Crippen LogP contribution is 2.28. The fourth-order valence-corrected chi connectivity index (χ4v) is 2.07. The zero-order valence-corrected chi connectivity index (χ0v) is 9.00. The Morgan fingerprint density at radius 1 is 1.53 bits per heavy atom. The van der Waals surface area contributed by atoms with Crippen LogP contribution < -0.4 is 0 Å². The van der Waals surface area contributed by atoms with Crippen LogP contribution >= 0.6 is 23.2 Å². The number of halogens is 2. The molecule has 1 aromatic rings. The predicted molar refractivity (Wildman–Crippen MR) is 57.8 cm³/mol. The predicted octanol–water partition coefficient (Wildman–Crippen LogP) is 2.60. The number of aromatic nitrogens is 1. The maximum atomic E-state index is 10.6. The van der Waals surface area contributed by atoms with Gasteiger partial charge in [0.1, 0.15) is 10.3 Å². The minimum atomic E-state index is -0.702. The van der Waals surface area contributed by atoms with E-state index in [2.05, 4.69) is 4.98 Å². The summed E-state index contributed by atoms with van der Waals surface area (Å²) in [5.41, 5.74) is 1.49. The lowest BCUT2D eigenvalue weighted by Gasteiger charge is -2.14. The second kappa shape index (κ2) is 3.79. The summed E-state index contributed by atoms with van der Waals surface area (Å²) >= 11 is 11.6. The summed E-state index contributed by atoms with van der Waals surface area (Å²) < 4.78 is 0.